The van der Waals surface area contributed by atoms with Crippen molar-refractivity contribution >= 4 is 5.91 Å². The van der Waals surface area contributed by atoms with Crippen LogP contribution in [0.4, 0.5) is 0 Å². The number of nitrogens with one attached hydrogen (secondary N) is 1. The van der Waals surface area contributed by atoms with Crippen LogP contribution in [0.25, 0.3) is 0 Å². The van der Waals surface area contributed by atoms with Gasteiger partial charge in [-0.05, 0) is 12.8 Å². The number of hydrogen-bond donors (Lipinski definition) is 6. The zero-order chi connectivity index (χ0) is 40.9. The normalized spacial score (nSPS) is 21.0. The van der Waals surface area contributed by atoms with Gasteiger partial charge in [0.15, 0.2) is 6.29 Å². The average Bonchev–Trinajstić information content (AvgIpc) is 3.20. The number of rotatable bonds is 41. The quantitative estimate of drug-likeness (QED) is 0.0335. The molecule has 1 saturated heterocycles. The molecule has 7 unspecified atom stereocenters. The Kier molecular flexibility index (Phi) is 36.5. The van der Waals surface area contributed by atoms with Crippen LogP contribution in [0.15, 0.2) is 0 Å². The third kappa shape index (κ3) is 28.6. The van der Waals surface area contributed by atoms with Gasteiger partial charge in [0.1, 0.15) is 24.4 Å². The maximum Gasteiger partial charge on any atom is 0.220 e. The molecule has 0 bridgehead atoms. The fraction of sp³-hybridized carbons (Fsp3) is 0.979. The van der Waals surface area contributed by atoms with Crippen LogP contribution >= 0.6 is 0 Å². The van der Waals surface area contributed by atoms with Crippen LogP contribution < -0.4 is 5.32 Å². The van der Waals surface area contributed by atoms with E-state index in [2.05, 4.69) is 19.2 Å². The van der Waals surface area contributed by atoms with Gasteiger partial charge in [0.2, 0.25) is 5.91 Å². The Labute approximate surface area is 344 Å². The summed E-state index contributed by atoms with van der Waals surface area (Å²) in [7, 11) is 0. The standard InChI is InChI=1S/C47H93NO8/c1-3-5-7-9-11-13-14-15-16-17-18-19-20-21-22-23-24-25-26-27-28-29-30-32-34-36-41(50)40(48-43(51)37-35-33-31-12-10-8-6-4-2)39-55-47-46(54)45(53)44(52)42(38-49)56-47/h40-42,44-47,49-50,52-54H,3-39H2,1-2H3,(H,48,51). The Morgan fingerprint density at radius 2 is 0.893 bits per heavy atom. The van der Waals surface area contributed by atoms with Crippen LogP contribution in [0.1, 0.15) is 239 Å². The highest BCUT2D eigenvalue weighted by atomic mass is 16.7. The molecule has 56 heavy (non-hydrogen) atoms. The number of carbonyl (C=O) groups excluding carboxylic acids is 1. The average molecular weight is 800 g/mol. The fourth-order valence-corrected chi connectivity index (χ4v) is 8.04. The van der Waals surface area contributed by atoms with E-state index in [0.717, 1.165) is 38.5 Å². The second-order valence-electron chi connectivity index (χ2n) is 17.3. The molecule has 1 aliphatic rings. The Morgan fingerprint density at radius 3 is 1.27 bits per heavy atom. The molecule has 1 fully saturated rings. The third-order valence-corrected chi connectivity index (χ3v) is 12.0. The van der Waals surface area contributed by atoms with E-state index >= 15 is 0 Å². The predicted octanol–water partition coefficient (Wildman–Crippen LogP) is 10.3. The molecule has 334 valence electrons. The highest BCUT2D eigenvalue weighted by molar-refractivity contribution is 5.76. The number of carbonyl (C=O) groups is 1. The second kappa shape index (κ2) is 38.4. The first-order chi connectivity index (χ1) is 27.3. The lowest BCUT2D eigenvalue weighted by molar-refractivity contribution is -0.302. The summed E-state index contributed by atoms with van der Waals surface area (Å²) in [5.41, 5.74) is 0. The maximum atomic E-state index is 12.9. The summed E-state index contributed by atoms with van der Waals surface area (Å²) in [6.07, 6.45) is 35.7. The molecule has 9 nitrogen and oxygen atoms in total. The molecule has 0 aromatic rings. The predicted molar refractivity (Wildman–Crippen MR) is 231 cm³/mol. The lowest BCUT2D eigenvalue weighted by Gasteiger charge is -2.40. The van der Waals surface area contributed by atoms with Gasteiger partial charge in [-0.3, -0.25) is 4.79 Å². The molecule has 0 spiro atoms. The van der Waals surface area contributed by atoms with Gasteiger partial charge in [0.05, 0.1) is 25.4 Å². The van der Waals surface area contributed by atoms with Crippen molar-refractivity contribution in [2.45, 2.75) is 281 Å². The van der Waals surface area contributed by atoms with Crippen molar-refractivity contribution in [3.8, 4) is 0 Å². The zero-order valence-corrected chi connectivity index (χ0v) is 36.7. The molecule has 7 atom stereocenters. The molecule has 1 rings (SSSR count). The monoisotopic (exact) mass is 800 g/mol. The van der Waals surface area contributed by atoms with E-state index in [1.807, 2.05) is 0 Å². The number of hydrogen-bond acceptors (Lipinski definition) is 8. The Bertz CT molecular complexity index is 847. The molecular weight excluding hydrogens is 707 g/mol. The fourth-order valence-electron chi connectivity index (χ4n) is 8.04. The van der Waals surface area contributed by atoms with Crippen LogP contribution in [0.3, 0.4) is 0 Å². The van der Waals surface area contributed by atoms with Crippen LogP contribution in [0, 0.1) is 0 Å². The molecule has 0 saturated carbocycles. The molecule has 0 radical (unpaired) electrons. The van der Waals surface area contributed by atoms with Gasteiger partial charge < -0.3 is 40.3 Å². The summed E-state index contributed by atoms with van der Waals surface area (Å²) < 4.78 is 11.2. The van der Waals surface area contributed by atoms with Crippen LogP contribution in [-0.2, 0) is 14.3 Å². The number of unbranched alkanes of at least 4 members (excludes halogenated alkanes) is 31. The Hall–Kier alpha value is -0.810. The van der Waals surface area contributed by atoms with Gasteiger partial charge in [-0.2, -0.15) is 0 Å². The van der Waals surface area contributed by atoms with Gasteiger partial charge >= 0.3 is 0 Å². The molecule has 1 amide bonds. The summed E-state index contributed by atoms with van der Waals surface area (Å²) in [6, 6.07) is -0.710. The minimum atomic E-state index is -1.55. The molecular formula is C47H93NO8. The van der Waals surface area contributed by atoms with Crippen LogP contribution in [0.5, 0.6) is 0 Å². The molecule has 1 heterocycles. The lowest BCUT2D eigenvalue weighted by Crippen LogP contribution is -2.60. The highest BCUT2D eigenvalue weighted by Crippen LogP contribution is 2.23. The van der Waals surface area contributed by atoms with Crippen molar-refractivity contribution in [1.82, 2.24) is 5.32 Å². The summed E-state index contributed by atoms with van der Waals surface area (Å²) in [6.45, 7) is 3.82. The minimum Gasteiger partial charge on any atom is -0.394 e. The molecule has 1 aliphatic heterocycles. The first-order valence-electron chi connectivity index (χ1n) is 24.2. The molecule has 9 heteroatoms. The Balaban J connectivity index is 2.16. The summed E-state index contributed by atoms with van der Waals surface area (Å²) >= 11 is 0. The van der Waals surface area contributed by atoms with Crippen LogP contribution in [0.2, 0.25) is 0 Å². The van der Waals surface area contributed by atoms with Gasteiger partial charge in [-0.25, -0.2) is 0 Å². The van der Waals surface area contributed by atoms with Crippen molar-refractivity contribution < 1.29 is 39.8 Å². The van der Waals surface area contributed by atoms with E-state index in [9.17, 15) is 30.3 Å². The van der Waals surface area contributed by atoms with Gasteiger partial charge in [-0.15, -0.1) is 0 Å². The number of amides is 1. The summed E-state index contributed by atoms with van der Waals surface area (Å²) in [5, 5.41) is 54.2. The first-order valence-corrected chi connectivity index (χ1v) is 24.2. The Morgan fingerprint density at radius 1 is 0.536 bits per heavy atom. The summed E-state index contributed by atoms with van der Waals surface area (Å²) in [4.78, 5) is 12.9. The number of aliphatic hydroxyl groups is 5. The third-order valence-electron chi connectivity index (χ3n) is 12.0. The van der Waals surface area contributed by atoms with E-state index in [4.69, 9.17) is 9.47 Å². The summed E-state index contributed by atoms with van der Waals surface area (Å²) in [5.74, 6) is -0.146. The largest absolute Gasteiger partial charge is 0.394 e. The van der Waals surface area contributed by atoms with Gasteiger partial charge in [0.25, 0.3) is 0 Å². The van der Waals surface area contributed by atoms with E-state index in [-0.39, 0.29) is 12.5 Å². The van der Waals surface area contributed by atoms with Crippen molar-refractivity contribution in [2.75, 3.05) is 13.2 Å². The topological polar surface area (TPSA) is 149 Å². The molecule has 0 aromatic heterocycles. The van der Waals surface area contributed by atoms with Crippen molar-refractivity contribution in [3.63, 3.8) is 0 Å². The van der Waals surface area contributed by atoms with E-state index in [1.54, 1.807) is 0 Å². The van der Waals surface area contributed by atoms with Crippen molar-refractivity contribution in [1.29, 1.82) is 0 Å². The highest BCUT2D eigenvalue weighted by Gasteiger charge is 2.44. The van der Waals surface area contributed by atoms with Gasteiger partial charge in [-0.1, -0.05) is 219 Å². The number of aliphatic hydroxyl groups excluding tert-OH is 5. The van der Waals surface area contributed by atoms with Crippen molar-refractivity contribution in [3.05, 3.63) is 0 Å². The first kappa shape index (κ1) is 53.2. The van der Waals surface area contributed by atoms with Gasteiger partial charge in [0, 0.05) is 6.42 Å². The maximum absolute atomic E-state index is 12.9. The van der Waals surface area contributed by atoms with E-state index < -0.39 is 49.5 Å². The van der Waals surface area contributed by atoms with E-state index in [1.165, 1.54) is 173 Å². The number of ether oxygens (including phenoxy) is 2. The van der Waals surface area contributed by atoms with E-state index in [0.29, 0.717) is 12.8 Å². The van der Waals surface area contributed by atoms with Crippen LogP contribution in [-0.4, -0.2) is 87.5 Å². The second-order valence-corrected chi connectivity index (χ2v) is 17.3. The zero-order valence-electron chi connectivity index (χ0n) is 36.7. The van der Waals surface area contributed by atoms with Crippen molar-refractivity contribution in [2.24, 2.45) is 0 Å². The molecule has 6 N–H and O–H groups in total. The smallest absolute Gasteiger partial charge is 0.220 e. The SMILES string of the molecule is CCCCCCCCCCCCCCCCCCCCCCCCCCCC(O)C(COC1OC(CO)C(O)C(O)C1O)NC(=O)CCCCCCCCCC. The minimum absolute atomic E-state index is 0.132. The molecule has 0 aromatic carbocycles. The molecule has 0 aliphatic carbocycles. The lowest BCUT2D eigenvalue weighted by atomic mass is 9.99.